The normalized spacial score (nSPS) is 30.0. The van der Waals surface area contributed by atoms with Crippen LogP contribution in [-0.4, -0.2) is 19.1 Å². The van der Waals surface area contributed by atoms with E-state index in [0.29, 0.717) is 0 Å². The van der Waals surface area contributed by atoms with E-state index in [2.05, 4.69) is 4.90 Å². The molecule has 1 saturated carbocycles. The lowest BCUT2D eigenvalue weighted by atomic mass is 9.92. The van der Waals surface area contributed by atoms with Gasteiger partial charge in [-0.3, -0.25) is 0 Å². The zero-order valence-electron chi connectivity index (χ0n) is 6.68. The van der Waals surface area contributed by atoms with Gasteiger partial charge in [-0.05, 0) is 12.8 Å². The fraction of sp³-hybridized carbons (Fsp3) is 1.00. The van der Waals surface area contributed by atoms with Crippen molar-refractivity contribution in [1.29, 1.82) is 0 Å². The number of hydrogen-bond donors (Lipinski definition) is 0. The zero-order chi connectivity index (χ0) is 6.81. The van der Waals surface area contributed by atoms with Crippen molar-refractivity contribution >= 4 is 0 Å². The monoisotopic (exact) mass is 139 g/mol. The molecule has 1 radical (unpaired) electrons. The minimum absolute atomic E-state index is 0.988. The van der Waals surface area contributed by atoms with Crippen LogP contribution in [0, 0.1) is 0 Å². The van der Waals surface area contributed by atoms with Crippen LogP contribution >= 0.6 is 0 Å². The second kappa shape index (κ2) is 2.91. The van der Waals surface area contributed by atoms with Crippen molar-refractivity contribution < 1.29 is 0 Å². The van der Waals surface area contributed by atoms with E-state index in [4.69, 9.17) is 0 Å². The molecule has 0 amide bonds. The average Bonchev–Trinajstić information content (AvgIpc) is 1.86. The van der Waals surface area contributed by atoms with Crippen LogP contribution in [0.1, 0.15) is 38.5 Å². The van der Waals surface area contributed by atoms with Crippen molar-refractivity contribution in [2.45, 2.75) is 44.6 Å². The predicted octanol–water partition coefficient (Wildman–Crippen LogP) is 1.86. The van der Waals surface area contributed by atoms with Crippen LogP contribution in [0.25, 0.3) is 0 Å². The molecule has 2 rings (SSSR count). The summed E-state index contributed by atoms with van der Waals surface area (Å²) in [5.41, 5.74) is 0. The highest BCUT2D eigenvalue weighted by Crippen LogP contribution is 2.23. The molecule has 0 aromatic carbocycles. The number of rotatable bonds is 1. The Labute approximate surface area is 63.4 Å². The molecule has 2 aliphatic rings. The van der Waals surface area contributed by atoms with Crippen LogP contribution in [0.15, 0.2) is 0 Å². The molecule has 0 unspecified atom stereocenters. The third kappa shape index (κ3) is 1.20. The van der Waals surface area contributed by atoms with Crippen LogP contribution in [0.2, 0.25) is 0 Å². The molecular formula is C9H17N+. The molecule has 10 heavy (non-hydrogen) atoms. The fourth-order valence-electron chi connectivity index (χ4n) is 2.15. The minimum atomic E-state index is 0.988. The summed E-state index contributed by atoms with van der Waals surface area (Å²) in [6, 6.07) is 0.988. The Morgan fingerprint density at radius 1 is 0.800 bits per heavy atom. The maximum absolute atomic E-state index is 2.67. The largest absolute Gasteiger partial charge is 0.167 e. The molecule has 1 aliphatic carbocycles. The lowest BCUT2D eigenvalue weighted by molar-refractivity contribution is 0.192. The molecule has 0 aromatic rings. The minimum Gasteiger partial charge on any atom is -0.167 e. The van der Waals surface area contributed by atoms with E-state index in [1.807, 2.05) is 0 Å². The van der Waals surface area contributed by atoms with Crippen molar-refractivity contribution in [3.63, 3.8) is 0 Å². The Bertz CT molecular complexity index is 101. The lowest BCUT2D eigenvalue weighted by Crippen LogP contribution is -2.51. The molecule has 1 heteroatoms. The Balaban J connectivity index is 1.78. The van der Waals surface area contributed by atoms with Crippen LogP contribution in [0.4, 0.5) is 0 Å². The average molecular weight is 139 g/mol. The number of nitrogens with zero attached hydrogens (tertiary/aromatic N) is 1. The van der Waals surface area contributed by atoms with Gasteiger partial charge in [0.25, 0.3) is 0 Å². The first-order valence-electron chi connectivity index (χ1n) is 4.71. The predicted molar refractivity (Wildman–Crippen MR) is 43.4 cm³/mol. The molecule has 0 spiro atoms. The summed E-state index contributed by atoms with van der Waals surface area (Å²) in [4.78, 5) is 2.67. The van der Waals surface area contributed by atoms with E-state index in [-0.39, 0.29) is 0 Å². The van der Waals surface area contributed by atoms with E-state index in [1.165, 1.54) is 51.6 Å². The summed E-state index contributed by atoms with van der Waals surface area (Å²) in [5, 5.41) is 0. The molecule has 2 fully saturated rings. The van der Waals surface area contributed by atoms with Gasteiger partial charge in [0.2, 0.25) is 0 Å². The molecule has 1 saturated heterocycles. The van der Waals surface area contributed by atoms with Crippen molar-refractivity contribution in [3.05, 3.63) is 0 Å². The molecule has 1 heterocycles. The quantitative estimate of drug-likeness (QED) is 0.489. The van der Waals surface area contributed by atoms with Gasteiger partial charge in [-0.2, -0.15) is 4.90 Å². The second-order valence-electron chi connectivity index (χ2n) is 3.68. The Kier molecular flexibility index (Phi) is 1.94. The highest BCUT2D eigenvalue weighted by atomic mass is 15.2. The van der Waals surface area contributed by atoms with E-state index in [0.717, 1.165) is 6.04 Å². The molecular weight excluding hydrogens is 122 g/mol. The summed E-state index contributed by atoms with van der Waals surface area (Å²) < 4.78 is 0. The summed E-state index contributed by atoms with van der Waals surface area (Å²) in [7, 11) is 0. The van der Waals surface area contributed by atoms with Gasteiger partial charge >= 0.3 is 0 Å². The highest BCUT2D eigenvalue weighted by molar-refractivity contribution is 4.85. The lowest BCUT2D eigenvalue weighted by Gasteiger charge is -2.30. The molecule has 1 aliphatic heterocycles. The van der Waals surface area contributed by atoms with E-state index < -0.39 is 0 Å². The van der Waals surface area contributed by atoms with Gasteiger partial charge < -0.3 is 0 Å². The Morgan fingerprint density at radius 2 is 1.50 bits per heavy atom. The summed E-state index contributed by atoms with van der Waals surface area (Å²) in [6.45, 7) is 2.79. The smallest absolute Gasteiger partial charge is 0.132 e. The van der Waals surface area contributed by atoms with Crippen LogP contribution < -0.4 is 4.90 Å². The van der Waals surface area contributed by atoms with Gasteiger partial charge in [-0.1, -0.05) is 6.42 Å². The van der Waals surface area contributed by atoms with Gasteiger partial charge in [0.1, 0.15) is 19.1 Å². The van der Waals surface area contributed by atoms with Crippen molar-refractivity contribution in [3.8, 4) is 0 Å². The zero-order valence-corrected chi connectivity index (χ0v) is 6.68. The van der Waals surface area contributed by atoms with Gasteiger partial charge in [0, 0.05) is 12.8 Å². The Morgan fingerprint density at radius 3 is 2.00 bits per heavy atom. The Hall–Kier alpha value is -0.0400. The molecule has 0 atom stereocenters. The topological polar surface area (TPSA) is 5.90 Å². The molecule has 57 valence electrons. The van der Waals surface area contributed by atoms with E-state index in [1.54, 1.807) is 0 Å². The first-order chi connectivity index (χ1) is 4.97. The maximum atomic E-state index is 2.67. The van der Waals surface area contributed by atoms with Crippen molar-refractivity contribution in [2.75, 3.05) is 13.1 Å². The third-order valence-electron chi connectivity index (χ3n) is 2.98. The summed E-state index contributed by atoms with van der Waals surface area (Å²) in [6.07, 6.45) is 8.89. The van der Waals surface area contributed by atoms with Gasteiger partial charge in [-0.15, -0.1) is 0 Å². The van der Waals surface area contributed by atoms with Gasteiger partial charge in [-0.25, -0.2) is 0 Å². The van der Waals surface area contributed by atoms with Crippen molar-refractivity contribution in [1.82, 2.24) is 4.90 Å². The fourth-order valence-corrected chi connectivity index (χ4v) is 2.15. The van der Waals surface area contributed by atoms with Crippen LogP contribution in [-0.2, 0) is 0 Å². The van der Waals surface area contributed by atoms with E-state index >= 15 is 0 Å². The first kappa shape index (κ1) is 6.66. The molecule has 0 N–H and O–H groups in total. The summed E-state index contributed by atoms with van der Waals surface area (Å²) in [5.74, 6) is 0. The van der Waals surface area contributed by atoms with Crippen LogP contribution in [0.5, 0.6) is 0 Å². The standard InChI is InChI=1S/C9H17N/c1-2-5-9(6-3-1)10-7-4-8-10/h9H,1-8H2/q+1. The first-order valence-corrected chi connectivity index (χ1v) is 4.71. The van der Waals surface area contributed by atoms with Crippen molar-refractivity contribution in [2.24, 2.45) is 0 Å². The van der Waals surface area contributed by atoms with Gasteiger partial charge in [0.05, 0.1) is 6.42 Å². The third-order valence-corrected chi connectivity index (χ3v) is 2.98. The second-order valence-corrected chi connectivity index (χ2v) is 3.68. The van der Waals surface area contributed by atoms with E-state index in [9.17, 15) is 0 Å². The number of hydrogen-bond acceptors (Lipinski definition) is 1. The maximum Gasteiger partial charge on any atom is 0.132 e. The SMILES string of the molecule is C1CCC([N+]2CCC2)CC1. The summed E-state index contributed by atoms with van der Waals surface area (Å²) >= 11 is 0. The number of likely N-dealkylation sites (tertiary alicyclic amines) is 1. The van der Waals surface area contributed by atoms with Gasteiger partial charge in [0.15, 0.2) is 0 Å². The molecule has 0 aromatic heterocycles. The molecule has 1 nitrogen and oxygen atoms in total. The van der Waals surface area contributed by atoms with Crippen LogP contribution in [0.3, 0.4) is 0 Å². The molecule has 0 bridgehead atoms. The highest BCUT2D eigenvalue weighted by Gasteiger charge is 2.34.